The molecule has 2 aromatic rings. The minimum absolute atomic E-state index is 0.175. The molecule has 0 aliphatic rings. The fourth-order valence-electron chi connectivity index (χ4n) is 2.67. The van der Waals surface area contributed by atoms with Gasteiger partial charge in [-0.3, -0.25) is 9.78 Å². The molecule has 1 aromatic carbocycles. The number of nitrogens with zero attached hydrogens (tertiary/aromatic N) is 2. The zero-order valence-corrected chi connectivity index (χ0v) is 16.3. The van der Waals surface area contributed by atoms with Gasteiger partial charge in [0.05, 0.1) is 6.20 Å². The van der Waals surface area contributed by atoms with Crippen LogP contribution in [0.3, 0.4) is 0 Å². The summed E-state index contributed by atoms with van der Waals surface area (Å²) in [5.74, 6) is 0.489. The number of carbonyl (C=O) groups is 1. The highest BCUT2D eigenvalue weighted by molar-refractivity contribution is 5.66. The van der Waals surface area contributed by atoms with Crippen molar-refractivity contribution >= 4 is 17.5 Å². The molecule has 1 aromatic heterocycles. The van der Waals surface area contributed by atoms with Crippen molar-refractivity contribution in [1.82, 2.24) is 9.97 Å². The van der Waals surface area contributed by atoms with Gasteiger partial charge in [-0.05, 0) is 17.5 Å². The molecule has 6 heteroatoms. The van der Waals surface area contributed by atoms with E-state index in [0.717, 1.165) is 11.3 Å². The molecule has 0 amide bonds. The normalized spacial score (nSPS) is 11.9. The number of hydrogen-bond acceptors (Lipinski definition) is 6. The first-order valence-electron chi connectivity index (χ1n) is 8.55. The number of ether oxygens (including phenoxy) is 1. The lowest BCUT2D eigenvalue weighted by Gasteiger charge is -2.30. The summed E-state index contributed by atoms with van der Waals surface area (Å²) >= 11 is 0. The van der Waals surface area contributed by atoms with Crippen LogP contribution in [0.5, 0.6) is 5.75 Å². The first-order chi connectivity index (χ1) is 12.0. The molecule has 26 heavy (non-hydrogen) atoms. The van der Waals surface area contributed by atoms with Crippen LogP contribution in [0.1, 0.15) is 52.7 Å². The Morgan fingerprint density at radius 1 is 1.15 bits per heavy atom. The molecule has 0 fully saturated rings. The molecule has 0 saturated carbocycles. The molecule has 0 atom stereocenters. The van der Waals surface area contributed by atoms with Crippen molar-refractivity contribution in [3.05, 3.63) is 41.9 Å². The van der Waals surface area contributed by atoms with Crippen LogP contribution in [0.25, 0.3) is 0 Å². The Hall–Kier alpha value is -2.63. The van der Waals surface area contributed by atoms with E-state index in [9.17, 15) is 9.90 Å². The second-order valence-corrected chi connectivity index (χ2v) is 8.05. The van der Waals surface area contributed by atoms with Gasteiger partial charge in [0.1, 0.15) is 18.2 Å². The Morgan fingerprint density at radius 2 is 1.81 bits per heavy atom. The predicted octanol–water partition coefficient (Wildman–Crippen LogP) is 4.06. The summed E-state index contributed by atoms with van der Waals surface area (Å²) in [6.07, 6.45) is 4.85. The SMILES string of the molecule is CC(=O)OCC(C)(C)c1cc(Nc2cnccn2)cc(C(C)(C)C)c1O. The van der Waals surface area contributed by atoms with Crippen molar-refractivity contribution in [3.8, 4) is 5.75 Å². The maximum Gasteiger partial charge on any atom is 0.302 e. The van der Waals surface area contributed by atoms with E-state index in [1.807, 2.05) is 46.8 Å². The fraction of sp³-hybridized carbons (Fsp3) is 0.450. The van der Waals surface area contributed by atoms with Crippen molar-refractivity contribution in [1.29, 1.82) is 0 Å². The number of carbonyl (C=O) groups excluding carboxylic acids is 1. The Kier molecular flexibility index (Phi) is 5.54. The van der Waals surface area contributed by atoms with Crippen LogP contribution in [0.4, 0.5) is 11.5 Å². The summed E-state index contributed by atoms with van der Waals surface area (Å²) in [4.78, 5) is 19.5. The van der Waals surface area contributed by atoms with Crippen LogP contribution in [0.15, 0.2) is 30.7 Å². The monoisotopic (exact) mass is 357 g/mol. The Bertz CT molecular complexity index is 781. The number of esters is 1. The minimum Gasteiger partial charge on any atom is -0.507 e. The third-order valence-corrected chi connectivity index (χ3v) is 4.12. The number of phenols is 1. The van der Waals surface area contributed by atoms with E-state index in [-0.39, 0.29) is 23.7 Å². The van der Waals surface area contributed by atoms with Crippen molar-refractivity contribution in [2.75, 3.05) is 11.9 Å². The lowest BCUT2D eigenvalue weighted by Crippen LogP contribution is -2.27. The van der Waals surface area contributed by atoms with E-state index in [4.69, 9.17) is 4.74 Å². The summed E-state index contributed by atoms with van der Waals surface area (Å²) in [5.41, 5.74) is 1.47. The molecule has 0 spiro atoms. The summed E-state index contributed by atoms with van der Waals surface area (Å²) < 4.78 is 5.21. The summed E-state index contributed by atoms with van der Waals surface area (Å²) in [6, 6.07) is 3.78. The second-order valence-electron chi connectivity index (χ2n) is 8.05. The van der Waals surface area contributed by atoms with E-state index >= 15 is 0 Å². The maximum absolute atomic E-state index is 11.2. The quantitative estimate of drug-likeness (QED) is 0.620. The molecular formula is C20H27N3O3. The third kappa shape index (κ3) is 4.71. The lowest BCUT2D eigenvalue weighted by atomic mass is 9.78. The van der Waals surface area contributed by atoms with Gasteiger partial charge in [-0.1, -0.05) is 34.6 Å². The van der Waals surface area contributed by atoms with E-state index < -0.39 is 5.41 Å². The van der Waals surface area contributed by atoms with Gasteiger partial charge < -0.3 is 15.2 Å². The highest BCUT2D eigenvalue weighted by Crippen LogP contribution is 2.41. The van der Waals surface area contributed by atoms with Crippen LogP contribution in [0, 0.1) is 0 Å². The van der Waals surface area contributed by atoms with Gasteiger partial charge in [0.2, 0.25) is 0 Å². The highest BCUT2D eigenvalue weighted by Gasteiger charge is 2.30. The van der Waals surface area contributed by atoms with E-state index in [2.05, 4.69) is 15.3 Å². The number of phenolic OH excluding ortho intramolecular Hbond substituents is 1. The molecule has 0 saturated heterocycles. The molecule has 2 rings (SSSR count). The van der Waals surface area contributed by atoms with Gasteiger partial charge in [-0.2, -0.15) is 0 Å². The van der Waals surface area contributed by atoms with Gasteiger partial charge in [-0.25, -0.2) is 4.98 Å². The molecule has 0 unspecified atom stereocenters. The first kappa shape index (κ1) is 19.7. The average Bonchev–Trinajstić information content (AvgIpc) is 2.54. The number of benzene rings is 1. The Labute approximate surface area is 154 Å². The molecule has 140 valence electrons. The van der Waals surface area contributed by atoms with Crippen LogP contribution in [0.2, 0.25) is 0 Å². The van der Waals surface area contributed by atoms with Crippen molar-refractivity contribution in [2.24, 2.45) is 0 Å². The van der Waals surface area contributed by atoms with Crippen molar-refractivity contribution in [2.45, 2.75) is 52.4 Å². The fourth-order valence-corrected chi connectivity index (χ4v) is 2.67. The van der Waals surface area contributed by atoms with E-state index in [0.29, 0.717) is 11.4 Å². The molecular weight excluding hydrogens is 330 g/mol. The minimum atomic E-state index is -0.560. The first-order valence-corrected chi connectivity index (χ1v) is 8.55. The maximum atomic E-state index is 11.2. The van der Waals surface area contributed by atoms with Gasteiger partial charge in [-0.15, -0.1) is 0 Å². The van der Waals surface area contributed by atoms with E-state index in [1.165, 1.54) is 6.92 Å². The van der Waals surface area contributed by atoms with Gasteiger partial charge in [0.25, 0.3) is 0 Å². The Morgan fingerprint density at radius 3 is 2.35 bits per heavy atom. The van der Waals surface area contributed by atoms with Gasteiger partial charge in [0, 0.05) is 41.5 Å². The number of anilines is 2. The lowest BCUT2D eigenvalue weighted by molar-refractivity contribution is -0.142. The Balaban J connectivity index is 2.52. The largest absolute Gasteiger partial charge is 0.507 e. The predicted molar refractivity (Wildman–Crippen MR) is 102 cm³/mol. The molecule has 0 aliphatic heterocycles. The number of nitrogens with one attached hydrogen (secondary N) is 1. The van der Waals surface area contributed by atoms with Gasteiger partial charge in [0.15, 0.2) is 0 Å². The van der Waals surface area contributed by atoms with Gasteiger partial charge >= 0.3 is 5.97 Å². The molecule has 0 radical (unpaired) electrons. The van der Waals surface area contributed by atoms with Crippen LogP contribution < -0.4 is 5.32 Å². The molecule has 0 bridgehead atoms. The smallest absolute Gasteiger partial charge is 0.302 e. The van der Waals surface area contributed by atoms with Crippen molar-refractivity contribution in [3.63, 3.8) is 0 Å². The average molecular weight is 357 g/mol. The van der Waals surface area contributed by atoms with Crippen LogP contribution in [-0.2, 0) is 20.4 Å². The zero-order valence-electron chi connectivity index (χ0n) is 16.3. The second kappa shape index (κ2) is 7.32. The zero-order chi connectivity index (χ0) is 19.5. The number of aromatic hydroxyl groups is 1. The van der Waals surface area contributed by atoms with Crippen LogP contribution in [-0.4, -0.2) is 27.7 Å². The molecule has 0 aliphatic carbocycles. The molecule has 1 heterocycles. The number of hydrogen-bond donors (Lipinski definition) is 2. The number of rotatable bonds is 5. The number of aromatic nitrogens is 2. The molecule has 2 N–H and O–H groups in total. The van der Waals surface area contributed by atoms with Crippen LogP contribution >= 0.6 is 0 Å². The summed E-state index contributed by atoms with van der Waals surface area (Å²) in [6.45, 7) is 11.5. The standard InChI is InChI=1S/C20H27N3O3/c1-13(24)26-12-20(5,6)16-10-14(23-17-11-21-7-8-22-17)9-15(18(16)25)19(2,3)4/h7-11,25H,12H2,1-6H3,(H,22,23). The van der Waals surface area contributed by atoms with Crippen molar-refractivity contribution < 1.29 is 14.6 Å². The third-order valence-electron chi connectivity index (χ3n) is 4.12. The summed E-state index contributed by atoms with van der Waals surface area (Å²) in [7, 11) is 0. The highest BCUT2D eigenvalue weighted by atomic mass is 16.5. The summed E-state index contributed by atoms with van der Waals surface area (Å²) in [5, 5.41) is 14.1. The van der Waals surface area contributed by atoms with E-state index in [1.54, 1.807) is 18.6 Å². The topological polar surface area (TPSA) is 84.3 Å². The molecule has 6 nitrogen and oxygen atoms in total.